The van der Waals surface area contributed by atoms with Gasteiger partial charge in [-0.1, -0.05) is 11.6 Å². The zero-order valence-electron chi connectivity index (χ0n) is 13.8. The molecule has 0 fully saturated rings. The molecule has 0 amide bonds. The number of aromatic nitrogens is 1. The molecule has 0 aliphatic heterocycles. The molecule has 3 aromatic rings. The van der Waals surface area contributed by atoms with Crippen LogP contribution in [0.5, 0.6) is 11.5 Å². The van der Waals surface area contributed by atoms with Crippen molar-refractivity contribution < 1.29 is 19.1 Å². The lowest BCUT2D eigenvalue weighted by Crippen LogP contribution is -2.09. The van der Waals surface area contributed by atoms with Crippen LogP contribution in [-0.4, -0.2) is 23.4 Å². The Kier molecular flexibility index (Phi) is 4.76. The van der Waals surface area contributed by atoms with Gasteiger partial charge in [-0.15, -0.1) is 0 Å². The lowest BCUT2D eigenvalue weighted by molar-refractivity contribution is 0.0515. The van der Waals surface area contributed by atoms with E-state index in [0.29, 0.717) is 34.4 Å². The summed E-state index contributed by atoms with van der Waals surface area (Å²) >= 11 is 6.35. The highest BCUT2D eigenvalue weighted by Crippen LogP contribution is 2.33. The number of halogens is 1. The molecule has 1 aromatic heterocycles. The minimum Gasteiger partial charge on any atom is -0.461 e. The van der Waals surface area contributed by atoms with E-state index in [1.54, 1.807) is 61.0 Å². The standard InChI is InChI=1S/C19H16ClNO4/c1-3-24-19(23)18-10-15-16(20)8-14(9-17(15)21(18)2)25-13-6-4-12(11-22)5-7-13/h4-11H,3H2,1-2H3. The lowest BCUT2D eigenvalue weighted by atomic mass is 10.2. The van der Waals surface area contributed by atoms with Crippen molar-refractivity contribution in [3.8, 4) is 11.5 Å². The molecule has 3 rings (SSSR count). The number of hydrogen-bond donors (Lipinski definition) is 0. The van der Waals surface area contributed by atoms with E-state index in [9.17, 15) is 9.59 Å². The van der Waals surface area contributed by atoms with Gasteiger partial charge in [0.25, 0.3) is 0 Å². The third-order valence-electron chi connectivity index (χ3n) is 3.82. The van der Waals surface area contributed by atoms with Crippen molar-refractivity contribution in [3.63, 3.8) is 0 Å². The van der Waals surface area contributed by atoms with Gasteiger partial charge in [-0.05, 0) is 37.3 Å². The van der Waals surface area contributed by atoms with Gasteiger partial charge < -0.3 is 14.0 Å². The SMILES string of the molecule is CCOC(=O)c1cc2c(Cl)cc(Oc3ccc(C=O)cc3)cc2n1C. The number of rotatable bonds is 5. The van der Waals surface area contributed by atoms with Gasteiger partial charge in [-0.25, -0.2) is 4.79 Å². The van der Waals surface area contributed by atoms with Crippen LogP contribution in [-0.2, 0) is 11.8 Å². The second kappa shape index (κ2) is 6.99. The summed E-state index contributed by atoms with van der Waals surface area (Å²) in [4.78, 5) is 22.7. The van der Waals surface area contributed by atoms with Crippen LogP contribution in [0, 0.1) is 0 Å². The second-order valence-electron chi connectivity index (χ2n) is 5.44. The van der Waals surface area contributed by atoms with Gasteiger partial charge in [-0.2, -0.15) is 0 Å². The number of fused-ring (bicyclic) bond motifs is 1. The van der Waals surface area contributed by atoms with Gasteiger partial charge in [0, 0.05) is 30.1 Å². The van der Waals surface area contributed by atoms with Crippen LogP contribution < -0.4 is 4.74 Å². The molecule has 0 unspecified atom stereocenters. The summed E-state index contributed by atoms with van der Waals surface area (Å²) in [5, 5.41) is 1.22. The maximum absolute atomic E-state index is 12.0. The molecule has 0 radical (unpaired) electrons. The molecule has 0 aliphatic carbocycles. The minimum atomic E-state index is -0.399. The van der Waals surface area contributed by atoms with Crippen LogP contribution in [0.1, 0.15) is 27.8 Å². The van der Waals surface area contributed by atoms with Gasteiger partial charge in [0.15, 0.2) is 0 Å². The van der Waals surface area contributed by atoms with Crippen LogP contribution >= 0.6 is 11.6 Å². The third kappa shape index (κ3) is 3.37. The first-order valence-electron chi connectivity index (χ1n) is 7.72. The topological polar surface area (TPSA) is 57.5 Å². The zero-order valence-corrected chi connectivity index (χ0v) is 14.5. The molecule has 5 nitrogen and oxygen atoms in total. The first-order chi connectivity index (χ1) is 12.0. The summed E-state index contributed by atoms with van der Waals surface area (Å²) in [6, 6.07) is 11.9. The largest absolute Gasteiger partial charge is 0.461 e. The lowest BCUT2D eigenvalue weighted by Gasteiger charge is -2.08. The van der Waals surface area contributed by atoms with Crippen molar-refractivity contribution >= 4 is 34.8 Å². The first-order valence-corrected chi connectivity index (χ1v) is 8.10. The highest BCUT2D eigenvalue weighted by Gasteiger charge is 2.17. The predicted molar refractivity (Wildman–Crippen MR) is 95.8 cm³/mol. The van der Waals surface area contributed by atoms with Crippen LogP contribution in [0.2, 0.25) is 5.02 Å². The number of esters is 1. The maximum Gasteiger partial charge on any atom is 0.354 e. The van der Waals surface area contributed by atoms with Gasteiger partial charge in [0.05, 0.1) is 17.1 Å². The molecule has 0 spiro atoms. The predicted octanol–water partition coefficient (Wildman–Crippen LogP) is 4.61. The number of benzene rings is 2. The molecular weight excluding hydrogens is 342 g/mol. The summed E-state index contributed by atoms with van der Waals surface area (Å²) in [7, 11) is 1.77. The Morgan fingerprint density at radius 1 is 1.16 bits per heavy atom. The first kappa shape index (κ1) is 17.0. The fourth-order valence-electron chi connectivity index (χ4n) is 2.57. The van der Waals surface area contributed by atoms with E-state index in [1.165, 1.54) is 0 Å². The fraction of sp³-hybridized carbons (Fsp3) is 0.158. The highest BCUT2D eigenvalue weighted by atomic mass is 35.5. The monoisotopic (exact) mass is 357 g/mol. The van der Waals surface area contributed by atoms with Gasteiger partial charge in [0.2, 0.25) is 0 Å². The van der Waals surface area contributed by atoms with Crippen molar-refractivity contribution in [1.82, 2.24) is 4.57 Å². The Balaban J connectivity index is 1.98. The second-order valence-corrected chi connectivity index (χ2v) is 5.84. The number of hydrogen-bond acceptors (Lipinski definition) is 4. The number of carbonyl (C=O) groups excluding carboxylic acids is 2. The van der Waals surface area contributed by atoms with Crippen molar-refractivity contribution in [3.05, 3.63) is 58.7 Å². The Morgan fingerprint density at radius 2 is 1.88 bits per heavy atom. The van der Waals surface area contributed by atoms with E-state index in [4.69, 9.17) is 21.1 Å². The van der Waals surface area contributed by atoms with Crippen molar-refractivity contribution in [2.45, 2.75) is 6.92 Å². The highest BCUT2D eigenvalue weighted by molar-refractivity contribution is 6.35. The maximum atomic E-state index is 12.0. The Morgan fingerprint density at radius 3 is 2.52 bits per heavy atom. The molecule has 0 saturated carbocycles. The zero-order chi connectivity index (χ0) is 18.0. The van der Waals surface area contributed by atoms with E-state index in [1.807, 2.05) is 0 Å². The summed E-state index contributed by atoms with van der Waals surface area (Å²) in [6.07, 6.45) is 0.771. The molecule has 25 heavy (non-hydrogen) atoms. The summed E-state index contributed by atoms with van der Waals surface area (Å²) < 4.78 is 12.6. The van der Waals surface area contributed by atoms with Gasteiger partial charge in [-0.3, -0.25) is 4.79 Å². The quantitative estimate of drug-likeness (QED) is 0.494. The summed E-state index contributed by atoms with van der Waals surface area (Å²) in [5.74, 6) is 0.720. The molecule has 0 N–H and O–H groups in total. The van der Waals surface area contributed by atoms with Crippen molar-refractivity contribution in [2.24, 2.45) is 7.05 Å². The normalized spacial score (nSPS) is 10.7. The van der Waals surface area contributed by atoms with E-state index in [-0.39, 0.29) is 0 Å². The number of ether oxygens (including phenoxy) is 2. The molecule has 6 heteroatoms. The van der Waals surface area contributed by atoms with Crippen LogP contribution in [0.25, 0.3) is 10.9 Å². The number of carbonyl (C=O) groups is 2. The molecule has 0 aliphatic rings. The summed E-state index contributed by atoms with van der Waals surface area (Å²) in [6.45, 7) is 2.06. The van der Waals surface area contributed by atoms with Gasteiger partial charge >= 0.3 is 5.97 Å². The van der Waals surface area contributed by atoms with E-state index in [0.717, 1.165) is 17.2 Å². The van der Waals surface area contributed by atoms with Crippen LogP contribution in [0.4, 0.5) is 0 Å². The van der Waals surface area contributed by atoms with Crippen LogP contribution in [0.3, 0.4) is 0 Å². The molecule has 0 atom stereocenters. The van der Waals surface area contributed by atoms with E-state index in [2.05, 4.69) is 0 Å². The Bertz CT molecular complexity index is 944. The molecular formula is C19H16ClNO4. The number of nitrogens with zero attached hydrogens (tertiary/aromatic N) is 1. The third-order valence-corrected chi connectivity index (χ3v) is 4.13. The van der Waals surface area contributed by atoms with Crippen molar-refractivity contribution in [1.29, 1.82) is 0 Å². The molecule has 128 valence electrons. The number of aldehydes is 1. The molecule has 0 bridgehead atoms. The van der Waals surface area contributed by atoms with Crippen molar-refractivity contribution in [2.75, 3.05) is 6.61 Å². The average Bonchev–Trinajstić information content (AvgIpc) is 2.94. The van der Waals surface area contributed by atoms with E-state index >= 15 is 0 Å². The minimum absolute atomic E-state index is 0.305. The van der Waals surface area contributed by atoms with Crippen LogP contribution in [0.15, 0.2) is 42.5 Å². The molecule has 2 aromatic carbocycles. The average molecular weight is 358 g/mol. The Labute approximate surface area is 149 Å². The van der Waals surface area contributed by atoms with E-state index < -0.39 is 5.97 Å². The number of aryl methyl sites for hydroxylation is 1. The molecule has 0 saturated heterocycles. The fourth-order valence-corrected chi connectivity index (χ4v) is 2.83. The molecule has 1 heterocycles. The summed E-state index contributed by atoms with van der Waals surface area (Å²) in [5.41, 5.74) is 1.75. The smallest absolute Gasteiger partial charge is 0.354 e. The Hall–Kier alpha value is -2.79. The van der Waals surface area contributed by atoms with Gasteiger partial charge in [0.1, 0.15) is 23.5 Å².